The molecule has 1 rings (SSSR count). The van der Waals surface area contributed by atoms with Gasteiger partial charge in [-0.3, -0.25) is 4.79 Å². The minimum atomic E-state index is -0.470. The first kappa shape index (κ1) is 15.5. The van der Waals surface area contributed by atoms with E-state index in [0.29, 0.717) is 19.6 Å². The highest BCUT2D eigenvalue weighted by molar-refractivity contribution is 5.77. The first-order valence-electron chi connectivity index (χ1n) is 6.50. The fraction of sp³-hybridized carbons (Fsp3) is 0.533. The van der Waals surface area contributed by atoms with Gasteiger partial charge in [0.2, 0.25) is 5.91 Å². The van der Waals surface area contributed by atoms with E-state index < -0.39 is 5.54 Å². The van der Waals surface area contributed by atoms with Gasteiger partial charge in [0.05, 0.1) is 6.54 Å². The Kier molecular flexibility index (Phi) is 5.36. The van der Waals surface area contributed by atoms with Gasteiger partial charge in [-0.05, 0) is 38.5 Å². The Morgan fingerprint density at radius 2 is 2.11 bits per heavy atom. The Labute approximate surface area is 115 Å². The van der Waals surface area contributed by atoms with Crippen molar-refractivity contribution in [1.82, 2.24) is 4.90 Å². The fourth-order valence-corrected chi connectivity index (χ4v) is 1.65. The summed E-state index contributed by atoms with van der Waals surface area (Å²) >= 11 is 0. The predicted molar refractivity (Wildman–Crippen MR) is 77.2 cm³/mol. The van der Waals surface area contributed by atoms with Crippen molar-refractivity contribution >= 4 is 5.91 Å². The number of nitrogens with zero attached hydrogens (tertiary/aromatic N) is 1. The van der Waals surface area contributed by atoms with E-state index in [1.54, 1.807) is 11.9 Å². The number of nitrogens with two attached hydrogens (primary N) is 1. The van der Waals surface area contributed by atoms with Gasteiger partial charge in [0, 0.05) is 19.0 Å². The SMILES string of the molecule is Cc1cccc(OCCN(C)C(=O)CC(C)(C)N)c1. The van der Waals surface area contributed by atoms with Gasteiger partial charge in [0.25, 0.3) is 0 Å². The minimum absolute atomic E-state index is 0.0420. The van der Waals surface area contributed by atoms with Gasteiger partial charge in [0.1, 0.15) is 12.4 Å². The van der Waals surface area contributed by atoms with E-state index in [-0.39, 0.29) is 5.91 Å². The second-order valence-corrected chi connectivity index (χ2v) is 5.65. The fourth-order valence-electron chi connectivity index (χ4n) is 1.65. The third-order valence-electron chi connectivity index (χ3n) is 2.72. The summed E-state index contributed by atoms with van der Waals surface area (Å²) in [5, 5.41) is 0. The van der Waals surface area contributed by atoms with Crippen LogP contribution in [-0.4, -0.2) is 36.5 Å². The van der Waals surface area contributed by atoms with Gasteiger partial charge in [-0.15, -0.1) is 0 Å². The summed E-state index contributed by atoms with van der Waals surface area (Å²) in [5.74, 6) is 0.875. The molecule has 0 atom stereocenters. The smallest absolute Gasteiger partial charge is 0.224 e. The van der Waals surface area contributed by atoms with Gasteiger partial charge >= 0.3 is 0 Å². The summed E-state index contributed by atoms with van der Waals surface area (Å²) in [6.45, 7) is 6.76. The Balaban J connectivity index is 2.34. The minimum Gasteiger partial charge on any atom is -0.492 e. The number of hydrogen-bond donors (Lipinski definition) is 1. The lowest BCUT2D eigenvalue weighted by molar-refractivity contribution is -0.131. The molecule has 0 heterocycles. The van der Waals surface area contributed by atoms with Crippen molar-refractivity contribution in [3.63, 3.8) is 0 Å². The molecule has 0 bridgehead atoms. The van der Waals surface area contributed by atoms with Crippen molar-refractivity contribution in [2.75, 3.05) is 20.2 Å². The molecule has 1 aromatic carbocycles. The van der Waals surface area contributed by atoms with Crippen LogP contribution in [0.25, 0.3) is 0 Å². The van der Waals surface area contributed by atoms with E-state index in [9.17, 15) is 4.79 Å². The lowest BCUT2D eigenvalue weighted by Gasteiger charge is -2.23. The van der Waals surface area contributed by atoms with Gasteiger partial charge in [0.15, 0.2) is 0 Å². The van der Waals surface area contributed by atoms with Crippen LogP contribution in [0, 0.1) is 6.92 Å². The van der Waals surface area contributed by atoms with E-state index >= 15 is 0 Å². The maximum atomic E-state index is 11.8. The van der Waals surface area contributed by atoms with Crippen LogP contribution in [0.4, 0.5) is 0 Å². The highest BCUT2D eigenvalue weighted by Crippen LogP contribution is 2.12. The predicted octanol–water partition coefficient (Wildman–Crippen LogP) is 1.96. The second-order valence-electron chi connectivity index (χ2n) is 5.65. The number of rotatable bonds is 6. The highest BCUT2D eigenvalue weighted by atomic mass is 16.5. The molecule has 19 heavy (non-hydrogen) atoms. The lowest BCUT2D eigenvalue weighted by atomic mass is 10.0. The molecule has 4 heteroatoms. The standard InChI is InChI=1S/C15H24N2O2/c1-12-6-5-7-13(10-12)19-9-8-17(4)14(18)11-15(2,3)16/h5-7,10H,8-9,11,16H2,1-4H3. The number of likely N-dealkylation sites (N-methyl/N-ethyl adjacent to an activating group) is 1. The monoisotopic (exact) mass is 264 g/mol. The Hall–Kier alpha value is -1.55. The second kappa shape index (κ2) is 6.57. The summed E-state index contributed by atoms with van der Waals surface area (Å²) in [5.41, 5.74) is 6.52. The van der Waals surface area contributed by atoms with E-state index in [1.807, 2.05) is 45.0 Å². The number of carbonyl (C=O) groups excluding carboxylic acids is 1. The van der Waals surface area contributed by atoms with Crippen LogP contribution in [0.3, 0.4) is 0 Å². The molecule has 0 saturated carbocycles. The van der Waals surface area contributed by atoms with Crippen molar-refractivity contribution in [2.24, 2.45) is 5.73 Å². The molecule has 0 aliphatic carbocycles. The van der Waals surface area contributed by atoms with E-state index in [0.717, 1.165) is 11.3 Å². The molecule has 0 aliphatic heterocycles. The van der Waals surface area contributed by atoms with Gasteiger partial charge < -0.3 is 15.4 Å². The molecule has 1 aromatic rings. The molecule has 0 aliphatic rings. The zero-order valence-corrected chi connectivity index (χ0v) is 12.3. The number of amides is 1. The summed E-state index contributed by atoms with van der Waals surface area (Å²) in [7, 11) is 1.77. The largest absolute Gasteiger partial charge is 0.492 e. The molecule has 0 aromatic heterocycles. The number of carbonyl (C=O) groups is 1. The summed E-state index contributed by atoms with van der Waals surface area (Å²) < 4.78 is 5.61. The maximum Gasteiger partial charge on any atom is 0.224 e. The zero-order chi connectivity index (χ0) is 14.5. The van der Waals surface area contributed by atoms with Crippen LogP contribution < -0.4 is 10.5 Å². The van der Waals surface area contributed by atoms with Crippen LogP contribution in [0.5, 0.6) is 5.75 Å². The van der Waals surface area contributed by atoms with E-state index in [4.69, 9.17) is 10.5 Å². The van der Waals surface area contributed by atoms with Crippen LogP contribution in [0.15, 0.2) is 24.3 Å². The molecule has 2 N–H and O–H groups in total. The average Bonchev–Trinajstić information content (AvgIpc) is 2.26. The average molecular weight is 264 g/mol. The molecule has 0 unspecified atom stereocenters. The van der Waals surface area contributed by atoms with Crippen LogP contribution in [0.2, 0.25) is 0 Å². The molecule has 1 amide bonds. The molecule has 0 radical (unpaired) electrons. The topological polar surface area (TPSA) is 55.6 Å². The lowest BCUT2D eigenvalue weighted by Crippen LogP contribution is -2.40. The van der Waals surface area contributed by atoms with Crippen molar-refractivity contribution in [2.45, 2.75) is 32.7 Å². The molecule has 0 fully saturated rings. The van der Waals surface area contributed by atoms with E-state index in [1.165, 1.54) is 0 Å². The van der Waals surface area contributed by atoms with Gasteiger partial charge in [-0.2, -0.15) is 0 Å². The first-order chi connectivity index (χ1) is 8.78. The molecular formula is C15H24N2O2. The van der Waals surface area contributed by atoms with Crippen LogP contribution in [-0.2, 0) is 4.79 Å². The summed E-state index contributed by atoms with van der Waals surface area (Å²) in [6.07, 6.45) is 0.341. The molecule has 0 saturated heterocycles. The number of ether oxygens (including phenoxy) is 1. The summed E-state index contributed by atoms with van der Waals surface area (Å²) in [4.78, 5) is 13.5. The van der Waals surface area contributed by atoms with Gasteiger partial charge in [-0.25, -0.2) is 0 Å². The van der Waals surface area contributed by atoms with Crippen molar-refractivity contribution in [1.29, 1.82) is 0 Å². The quantitative estimate of drug-likeness (QED) is 0.854. The third-order valence-corrected chi connectivity index (χ3v) is 2.72. The number of hydrogen-bond acceptors (Lipinski definition) is 3. The third kappa shape index (κ3) is 6.25. The van der Waals surface area contributed by atoms with Crippen molar-refractivity contribution in [3.8, 4) is 5.75 Å². The zero-order valence-electron chi connectivity index (χ0n) is 12.3. The van der Waals surface area contributed by atoms with Crippen LogP contribution in [0.1, 0.15) is 25.8 Å². The molecule has 106 valence electrons. The Bertz CT molecular complexity index is 424. The van der Waals surface area contributed by atoms with Crippen LogP contribution >= 0.6 is 0 Å². The first-order valence-corrected chi connectivity index (χ1v) is 6.50. The Morgan fingerprint density at radius 3 is 2.68 bits per heavy atom. The molecule has 0 spiro atoms. The molecule has 4 nitrogen and oxygen atoms in total. The summed E-state index contributed by atoms with van der Waals surface area (Å²) in [6, 6.07) is 7.87. The highest BCUT2D eigenvalue weighted by Gasteiger charge is 2.19. The normalized spacial score (nSPS) is 11.2. The Morgan fingerprint density at radius 1 is 1.42 bits per heavy atom. The maximum absolute atomic E-state index is 11.8. The number of aryl methyl sites for hydroxylation is 1. The molecular weight excluding hydrogens is 240 g/mol. The van der Waals surface area contributed by atoms with Crippen molar-refractivity contribution in [3.05, 3.63) is 29.8 Å². The number of benzene rings is 1. The van der Waals surface area contributed by atoms with Gasteiger partial charge in [-0.1, -0.05) is 12.1 Å². The van der Waals surface area contributed by atoms with E-state index in [2.05, 4.69) is 0 Å². The van der Waals surface area contributed by atoms with Crippen molar-refractivity contribution < 1.29 is 9.53 Å².